The van der Waals surface area contributed by atoms with Crippen molar-refractivity contribution in [3.05, 3.63) is 42.0 Å². The van der Waals surface area contributed by atoms with Crippen LogP contribution in [0.2, 0.25) is 0 Å². The second-order valence-electron chi connectivity index (χ2n) is 5.59. The third kappa shape index (κ3) is 2.02. The van der Waals surface area contributed by atoms with Crippen molar-refractivity contribution in [2.75, 3.05) is 0 Å². The first kappa shape index (κ1) is 12.0. The van der Waals surface area contributed by atoms with Gasteiger partial charge in [-0.3, -0.25) is 0 Å². The van der Waals surface area contributed by atoms with E-state index in [1.807, 2.05) is 24.3 Å². The second-order valence-corrected chi connectivity index (χ2v) is 5.59. The van der Waals surface area contributed by atoms with Crippen LogP contribution < -0.4 is 0 Å². The smallest absolute Gasteiger partial charge is 0.119 e. The minimum Gasteiger partial charge on any atom is -0.508 e. The predicted molar refractivity (Wildman–Crippen MR) is 73.5 cm³/mol. The first-order valence-corrected chi connectivity index (χ1v) is 6.15. The molecule has 0 aliphatic heterocycles. The first-order valence-electron chi connectivity index (χ1n) is 6.15. The van der Waals surface area contributed by atoms with Gasteiger partial charge < -0.3 is 5.11 Å². The molecule has 0 saturated heterocycles. The molecule has 17 heavy (non-hydrogen) atoms. The second kappa shape index (κ2) is 4.06. The summed E-state index contributed by atoms with van der Waals surface area (Å²) in [6, 6.07) is 12.1. The Hall–Kier alpha value is -1.50. The number of aromatic hydroxyl groups is 1. The maximum Gasteiger partial charge on any atom is 0.119 e. The summed E-state index contributed by atoms with van der Waals surface area (Å²) in [5, 5.41) is 12.5. The monoisotopic (exact) mass is 228 g/mol. The number of fused-ring (bicyclic) bond motifs is 1. The molecular weight excluding hydrogens is 208 g/mol. The van der Waals surface area contributed by atoms with E-state index < -0.39 is 0 Å². The molecule has 0 unspecified atom stereocenters. The fraction of sp³-hybridized carbons (Fsp3) is 0.375. The Morgan fingerprint density at radius 2 is 1.53 bits per heavy atom. The Labute approximate surface area is 103 Å². The van der Waals surface area contributed by atoms with E-state index in [2.05, 4.69) is 39.8 Å². The van der Waals surface area contributed by atoms with Crippen molar-refractivity contribution in [1.82, 2.24) is 0 Å². The lowest BCUT2D eigenvalue weighted by molar-refractivity contribution is 0.352. The maximum absolute atomic E-state index is 10.2. The zero-order chi connectivity index (χ0) is 12.6. The third-order valence-electron chi connectivity index (χ3n) is 4.00. The zero-order valence-electron chi connectivity index (χ0n) is 11.0. The highest BCUT2D eigenvalue weighted by Crippen LogP contribution is 2.38. The number of hydrogen-bond donors (Lipinski definition) is 1. The molecule has 1 N–H and O–H groups in total. The summed E-state index contributed by atoms with van der Waals surface area (Å²) in [5.41, 5.74) is 1.01. The number of phenolic OH excluding ortho intramolecular Hbond substituents is 1. The van der Waals surface area contributed by atoms with Crippen LogP contribution in [0.3, 0.4) is 0 Å². The maximum atomic E-state index is 10.2. The largest absolute Gasteiger partial charge is 0.508 e. The predicted octanol–water partition coefficient (Wildman–Crippen LogP) is 4.48. The van der Waals surface area contributed by atoms with Gasteiger partial charge in [0, 0.05) is 5.56 Å². The number of hydrogen-bond acceptors (Lipinski definition) is 1. The lowest BCUT2D eigenvalue weighted by atomic mass is 9.74. The van der Waals surface area contributed by atoms with E-state index in [0.717, 1.165) is 10.9 Å². The summed E-state index contributed by atoms with van der Waals surface area (Å²) >= 11 is 0. The quantitative estimate of drug-likeness (QED) is 0.803. The molecule has 0 amide bonds. The highest BCUT2D eigenvalue weighted by atomic mass is 16.3. The molecule has 0 radical (unpaired) electrons. The fourth-order valence-electron chi connectivity index (χ4n) is 2.06. The van der Waals surface area contributed by atoms with Crippen LogP contribution in [0.25, 0.3) is 10.8 Å². The Kier molecular flexibility index (Phi) is 2.86. The number of benzene rings is 2. The number of phenols is 1. The average Bonchev–Trinajstić information content (AvgIpc) is 2.27. The summed E-state index contributed by atoms with van der Waals surface area (Å²) in [7, 11) is 0. The lowest BCUT2D eigenvalue weighted by Gasteiger charge is -2.30. The summed E-state index contributed by atoms with van der Waals surface area (Å²) in [6.07, 6.45) is 0. The zero-order valence-corrected chi connectivity index (χ0v) is 11.0. The van der Waals surface area contributed by atoms with Crippen molar-refractivity contribution in [2.45, 2.75) is 33.1 Å². The Bertz CT molecular complexity index is 538. The molecule has 2 rings (SSSR count). The van der Waals surface area contributed by atoms with Crippen LogP contribution in [0.15, 0.2) is 36.4 Å². The van der Waals surface area contributed by atoms with Gasteiger partial charge in [0.15, 0.2) is 0 Å². The Balaban J connectivity index is 2.66. The van der Waals surface area contributed by atoms with Gasteiger partial charge in [-0.05, 0) is 34.2 Å². The summed E-state index contributed by atoms with van der Waals surface area (Å²) < 4.78 is 0. The van der Waals surface area contributed by atoms with E-state index in [1.54, 1.807) is 0 Å². The van der Waals surface area contributed by atoms with Crippen molar-refractivity contribution in [3.63, 3.8) is 0 Å². The minimum absolute atomic E-state index is 0.0197. The van der Waals surface area contributed by atoms with E-state index in [9.17, 15) is 5.11 Å². The molecule has 0 aliphatic carbocycles. The van der Waals surface area contributed by atoms with Gasteiger partial charge in [0.05, 0.1) is 0 Å². The molecule has 0 spiro atoms. The van der Waals surface area contributed by atoms with E-state index in [1.165, 1.54) is 5.39 Å². The molecular formula is C16H20O. The molecule has 0 atom stereocenters. The van der Waals surface area contributed by atoms with Gasteiger partial charge in [0.2, 0.25) is 0 Å². The van der Waals surface area contributed by atoms with Crippen LogP contribution in [0, 0.1) is 5.92 Å². The highest BCUT2D eigenvalue weighted by molar-refractivity contribution is 5.85. The third-order valence-corrected chi connectivity index (χ3v) is 4.00. The molecule has 0 aliphatic rings. The molecule has 0 fully saturated rings. The van der Waals surface area contributed by atoms with Crippen molar-refractivity contribution in [3.8, 4) is 5.75 Å². The summed E-state index contributed by atoms with van der Waals surface area (Å²) in [5.74, 6) is 0.886. The molecule has 2 aromatic carbocycles. The summed E-state index contributed by atoms with van der Waals surface area (Å²) in [6.45, 7) is 8.74. The Morgan fingerprint density at radius 3 is 2.06 bits per heavy atom. The van der Waals surface area contributed by atoms with Crippen LogP contribution in [-0.2, 0) is 5.41 Å². The van der Waals surface area contributed by atoms with Crippen molar-refractivity contribution in [1.29, 1.82) is 0 Å². The van der Waals surface area contributed by atoms with Gasteiger partial charge >= 0.3 is 0 Å². The van der Waals surface area contributed by atoms with Crippen LogP contribution >= 0.6 is 0 Å². The van der Waals surface area contributed by atoms with E-state index in [4.69, 9.17) is 0 Å². The number of rotatable bonds is 2. The van der Waals surface area contributed by atoms with E-state index >= 15 is 0 Å². The molecule has 1 heteroatoms. The van der Waals surface area contributed by atoms with Crippen molar-refractivity contribution < 1.29 is 5.11 Å². The average molecular weight is 228 g/mol. The lowest BCUT2D eigenvalue weighted by Crippen LogP contribution is -2.24. The molecule has 0 saturated carbocycles. The minimum atomic E-state index is -0.0197. The van der Waals surface area contributed by atoms with Gasteiger partial charge in [0.1, 0.15) is 5.75 Å². The van der Waals surface area contributed by atoms with E-state index in [0.29, 0.717) is 11.7 Å². The highest BCUT2D eigenvalue weighted by Gasteiger charge is 2.27. The van der Waals surface area contributed by atoms with Crippen LogP contribution in [0.4, 0.5) is 0 Å². The van der Waals surface area contributed by atoms with Crippen LogP contribution in [0.1, 0.15) is 33.3 Å². The topological polar surface area (TPSA) is 20.2 Å². The summed E-state index contributed by atoms with van der Waals surface area (Å²) in [4.78, 5) is 0. The molecule has 2 aromatic rings. The molecule has 0 aromatic heterocycles. The molecule has 0 bridgehead atoms. The molecule has 1 nitrogen and oxygen atoms in total. The SMILES string of the molecule is CC(C)C(C)(C)c1cc2ccccc2cc1O. The van der Waals surface area contributed by atoms with Gasteiger partial charge in [0.25, 0.3) is 0 Å². The Morgan fingerprint density at radius 1 is 1.00 bits per heavy atom. The normalized spacial score (nSPS) is 12.3. The van der Waals surface area contributed by atoms with E-state index in [-0.39, 0.29) is 5.41 Å². The van der Waals surface area contributed by atoms with Crippen molar-refractivity contribution >= 4 is 10.8 Å². The fourth-order valence-corrected chi connectivity index (χ4v) is 2.06. The standard InChI is InChI=1S/C16H20O/c1-11(2)16(3,4)14-9-12-7-5-6-8-13(12)10-15(14)17/h5-11,17H,1-4H3. The van der Waals surface area contributed by atoms with Gasteiger partial charge in [-0.1, -0.05) is 52.0 Å². The van der Waals surface area contributed by atoms with Gasteiger partial charge in [-0.25, -0.2) is 0 Å². The van der Waals surface area contributed by atoms with Crippen LogP contribution in [-0.4, -0.2) is 5.11 Å². The van der Waals surface area contributed by atoms with Gasteiger partial charge in [-0.15, -0.1) is 0 Å². The first-order chi connectivity index (χ1) is 7.93. The van der Waals surface area contributed by atoms with Crippen LogP contribution in [0.5, 0.6) is 5.75 Å². The molecule has 0 heterocycles. The van der Waals surface area contributed by atoms with Gasteiger partial charge in [-0.2, -0.15) is 0 Å². The molecule has 90 valence electrons. The van der Waals surface area contributed by atoms with Crippen molar-refractivity contribution in [2.24, 2.45) is 5.92 Å².